The summed E-state index contributed by atoms with van der Waals surface area (Å²) in [5, 5.41) is 12.1. The minimum atomic E-state index is -2.74. The second-order valence-electron chi connectivity index (χ2n) is 9.39. The molecule has 0 bridgehead atoms. The average molecular weight is 459 g/mol. The molecule has 2 aromatic carbocycles. The number of carboxylic acid groups (broad SMARTS) is 1. The Hall–Kier alpha value is -3.22. The number of hydrogen-bond acceptors (Lipinski definition) is 3. The first-order chi connectivity index (χ1) is 15.8. The molecule has 6 heteroatoms. The van der Waals surface area contributed by atoms with Gasteiger partial charge in [0.25, 0.3) is 8.32 Å². The van der Waals surface area contributed by atoms with E-state index in [9.17, 15) is 9.90 Å². The number of nitrogens with zero attached hydrogens (tertiary/aromatic N) is 2. The van der Waals surface area contributed by atoms with Crippen molar-refractivity contribution < 1.29 is 14.3 Å². The molecule has 33 heavy (non-hydrogen) atoms. The van der Waals surface area contributed by atoms with Crippen LogP contribution >= 0.6 is 0 Å². The molecule has 1 amide bonds. The summed E-state index contributed by atoms with van der Waals surface area (Å²) in [5.41, 5.74) is 1.90. The van der Waals surface area contributed by atoms with Gasteiger partial charge in [0.05, 0.1) is 19.2 Å². The molecular formula is C27H30N2O3Si. The fraction of sp³-hybridized carbons (Fsp3) is 0.259. The Kier molecular flexibility index (Phi) is 6.49. The number of hydrogen-bond donors (Lipinski definition) is 1. The van der Waals surface area contributed by atoms with Crippen LogP contribution in [-0.4, -0.2) is 48.6 Å². The van der Waals surface area contributed by atoms with E-state index in [0.717, 1.165) is 11.1 Å². The molecule has 0 radical (unpaired) electrons. The number of amides is 1. The smallest absolute Gasteiger partial charge is 0.408 e. The summed E-state index contributed by atoms with van der Waals surface area (Å²) in [7, 11) is -2.74. The summed E-state index contributed by atoms with van der Waals surface area (Å²) >= 11 is 0. The molecule has 0 aliphatic carbocycles. The van der Waals surface area contributed by atoms with Crippen LogP contribution in [0.4, 0.5) is 4.79 Å². The zero-order valence-corrected chi connectivity index (χ0v) is 20.3. The van der Waals surface area contributed by atoms with Gasteiger partial charge >= 0.3 is 6.09 Å². The fourth-order valence-corrected chi connectivity index (χ4v) is 9.31. The maximum Gasteiger partial charge on any atom is 0.408 e. The molecule has 0 spiro atoms. The van der Waals surface area contributed by atoms with Gasteiger partial charge < -0.3 is 9.53 Å². The molecule has 1 aliphatic heterocycles. The number of aromatic nitrogens is 1. The Morgan fingerprint density at radius 1 is 1.03 bits per heavy atom. The summed E-state index contributed by atoms with van der Waals surface area (Å²) in [6.45, 7) is 7.29. The third kappa shape index (κ3) is 4.49. The number of benzene rings is 2. The van der Waals surface area contributed by atoms with Gasteiger partial charge in [0.2, 0.25) is 0 Å². The monoisotopic (exact) mass is 458 g/mol. The first kappa shape index (κ1) is 23.0. The van der Waals surface area contributed by atoms with Crippen LogP contribution in [0.5, 0.6) is 0 Å². The van der Waals surface area contributed by atoms with Crippen LogP contribution in [-0.2, 0) is 4.43 Å². The van der Waals surface area contributed by atoms with Crippen molar-refractivity contribution in [2.45, 2.75) is 31.9 Å². The van der Waals surface area contributed by atoms with E-state index in [4.69, 9.17) is 4.43 Å². The maximum atomic E-state index is 12.1. The SMILES string of the molecule is CC(C)(C)[Si](OCC1C=C(c2cccnc2)CN1C(=O)O)(c1ccccc1)c1ccccc1. The quantitative estimate of drug-likeness (QED) is 0.556. The van der Waals surface area contributed by atoms with Crippen molar-refractivity contribution >= 4 is 30.4 Å². The zero-order chi connectivity index (χ0) is 23.5. The van der Waals surface area contributed by atoms with Crippen molar-refractivity contribution in [3.63, 3.8) is 0 Å². The lowest BCUT2D eigenvalue weighted by atomic mass is 10.1. The van der Waals surface area contributed by atoms with E-state index in [1.807, 2.05) is 30.3 Å². The van der Waals surface area contributed by atoms with Gasteiger partial charge in [0.1, 0.15) is 0 Å². The molecule has 1 atom stereocenters. The summed E-state index contributed by atoms with van der Waals surface area (Å²) < 4.78 is 6.99. The van der Waals surface area contributed by atoms with Gasteiger partial charge in [-0.25, -0.2) is 4.79 Å². The highest BCUT2D eigenvalue weighted by Crippen LogP contribution is 2.37. The van der Waals surface area contributed by atoms with Crippen LogP contribution in [0, 0.1) is 0 Å². The Labute approximate surface area is 196 Å². The molecule has 5 nitrogen and oxygen atoms in total. The first-order valence-electron chi connectivity index (χ1n) is 11.2. The predicted molar refractivity (Wildman–Crippen MR) is 134 cm³/mol. The highest BCUT2D eigenvalue weighted by molar-refractivity contribution is 6.99. The van der Waals surface area contributed by atoms with Gasteiger partial charge in [-0.3, -0.25) is 9.88 Å². The third-order valence-electron chi connectivity index (χ3n) is 6.30. The van der Waals surface area contributed by atoms with Crippen molar-refractivity contribution in [3.05, 3.63) is 96.8 Å². The average Bonchev–Trinajstić information content (AvgIpc) is 3.25. The van der Waals surface area contributed by atoms with E-state index < -0.39 is 14.4 Å². The Morgan fingerprint density at radius 2 is 1.64 bits per heavy atom. The van der Waals surface area contributed by atoms with E-state index in [1.54, 1.807) is 12.4 Å². The highest BCUT2D eigenvalue weighted by atomic mass is 28.4. The normalized spacial score (nSPS) is 16.5. The first-order valence-corrected chi connectivity index (χ1v) is 13.1. The van der Waals surface area contributed by atoms with Crippen molar-refractivity contribution in [2.24, 2.45) is 0 Å². The molecule has 0 saturated heterocycles. The summed E-state index contributed by atoms with van der Waals surface area (Å²) in [6.07, 6.45) is 4.57. The lowest BCUT2D eigenvalue weighted by Gasteiger charge is -2.43. The Bertz CT molecular complexity index is 1070. The van der Waals surface area contributed by atoms with E-state index in [-0.39, 0.29) is 11.1 Å². The van der Waals surface area contributed by atoms with E-state index in [1.165, 1.54) is 15.3 Å². The van der Waals surface area contributed by atoms with Gasteiger partial charge in [0, 0.05) is 12.4 Å². The van der Waals surface area contributed by atoms with E-state index >= 15 is 0 Å². The van der Waals surface area contributed by atoms with Gasteiger partial charge in [0.15, 0.2) is 0 Å². The second kappa shape index (κ2) is 9.33. The minimum absolute atomic E-state index is 0.168. The standard InChI is InChI=1S/C27H30N2O3Si/c1-27(2,3)33(24-12-6-4-7-13-24,25-14-8-5-9-15-25)32-20-23-17-22(19-29(23)26(30)31)21-11-10-16-28-18-21/h4-18,23H,19-20H2,1-3H3,(H,30,31). The molecule has 0 saturated carbocycles. The summed E-state index contributed by atoms with van der Waals surface area (Å²) in [4.78, 5) is 17.7. The van der Waals surface area contributed by atoms with Crippen molar-refractivity contribution in [3.8, 4) is 0 Å². The summed E-state index contributed by atoms with van der Waals surface area (Å²) in [5.74, 6) is 0. The third-order valence-corrected chi connectivity index (χ3v) is 11.3. The summed E-state index contributed by atoms with van der Waals surface area (Å²) in [6, 6.07) is 24.3. The maximum absolute atomic E-state index is 12.1. The van der Waals surface area contributed by atoms with E-state index in [2.05, 4.69) is 74.3 Å². The van der Waals surface area contributed by atoms with Crippen molar-refractivity contribution in [1.29, 1.82) is 0 Å². The molecule has 0 fully saturated rings. The largest absolute Gasteiger partial charge is 0.465 e. The Balaban J connectivity index is 1.74. The van der Waals surface area contributed by atoms with Gasteiger partial charge in [-0.2, -0.15) is 0 Å². The van der Waals surface area contributed by atoms with Gasteiger partial charge in [-0.1, -0.05) is 93.6 Å². The molecule has 2 heterocycles. The van der Waals surface area contributed by atoms with Crippen molar-refractivity contribution in [2.75, 3.05) is 13.2 Å². The molecule has 170 valence electrons. The lowest BCUT2D eigenvalue weighted by Crippen LogP contribution is -2.67. The Morgan fingerprint density at radius 3 is 2.12 bits per heavy atom. The zero-order valence-electron chi connectivity index (χ0n) is 19.3. The molecule has 1 N–H and O–H groups in total. The van der Waals surface area contributed by atoms with Crippen LogP contribution in [0.25, 0.3) is 5.57 Å². The number of pyridine rings is 1. The van der Waals surface area contributed by atoms with E-state index in [0.29, 0.717) is 13.2 Å². The topological polar surface area (TPSA) is 62.7 Å². The second-order valence-corrected chi connectivity index (χ2v) is 13.7. The minimum Gasteiger partial charge on any atom is -0.465 e. The molecule has 1 unspecified atom stereocenters. The van der Waals surface area contributed by atoms with Gasteiger partial charge in [-0.05, 0) is 32.6 Å². The molecule has 1 aliphatic rings. The van der Waals surface area contributed by atoms with Gasteiger partial charge in [-0.15, -0.1) is 0 Å². The lowest BCUT2D eigenvalue weighted by molar-refractivity contribution is 0.128. The highest BCUT2D eigenvalue weighted by Gasteiger charge is 2.50. The molecular weight excluding hydrogens is 428 g/mol. The van der Waals surface area contributed by atoms with Crippen LogP contribution < -0.4 is 10.4 Å². The van der Waals surface area contributed by atoms with Crippen LogP contribution in [0.2, 0.25) is 5.04 Å². The van der Waals surface area contributed by atoms with Crippen LogP contribution in [0.1, 0.15) is 26.3 Å². The molecule has 4 rings (SSSR count). The molecule has 3 aromatic rings. The number of carbonyl (C=O) groups is 1. The predicted octanol–water partition coefficient (Wildman–Crippen LogP) is 4.40. The van der Waals surface area contributed by atoms with Crippen LogP contribution in [0.3, 0.4) is 0 Å². The van der Waals surface area contributed by atoms with Crippen molar-refractivity contribution in [1.82, 2.24) is 9.88 Å². The van der Waals surface area contributed by atoms with Crippen LogP contribution in [0.15, 0.2) is 91.3 Å². The fourth-order valence-electron chi connectivity index (χ4n) is 4.74. The number of rotatable bonds is 6. The molecule has 1 aromatic heterocycles.